The van der Waals surface area contributed by atoms with Gasteiger partial charge in [0.15, 0.2) is 0 Å². The van der Waals surface area contributed by atoms with Crippen molar-refractivity contribution in [3.8, 4) is 5.75 Å². The van der Waals surface area contributed by atoms with Crippen LogP contribution in [0.1, 0.15) is 37.3 Å². The molecule has 94 valence electrons. The summed E-state index contributed by atoms with van der Waals surface area (Å²) in [6.45, 7) is 2.89. The van der Waals surface area contributed by atoms with Gasteiger partial charge < -0.3 is 10.5 Å². The molecule has 0 aliphatic heterocycles. The molecule has 0 radical (unpaired) electrons. The molecule has 17 heavy (non-hydrogen) atoms. The summed E-state index contributed by atoms with van der Waals surface area (Å²) in [7, 11) is 1.73. The maximum atomic E-state index is 6.00. The highest BCUT2D eigenvalue weighted by molar-refractivity contribution is 9.10. The van der Waals surface area contributed by atoms with E-state index in [9.17, 15) is 0 Å². The van der Waals surface area contributed by atoms with Crippen molar-refractivity contribution < 1.29 is 4.74 Å². The lowest BCUT2D eigenvalue weighted by Crippen LogP contribution is -2.41. The van der Waals surface area contributed by atoms with Gasteiger partial charge in [0, 0.05) is 17.5 Å². The minimum absolute atomic E-state index is 0.152. The van der Waals surface area contributed by atoms with Crippen LogP contribution in [0.2, 0.25) is 0 Å². The number of aryl methyl sites for hydroxylation is 1. The van der Waals surface area contributed by atoms with Crippen LogP contribution in [-0.4, -0.2) is 13.7 Å². The van der Waals surface area contributed by atoms with Crippen LogP contribution in [0.25, 0.3) is 0 Å². The summed E-state index contributed by atoms with van der Waals surface area (Å²) in [4.78, 5) is 0. The lowest BCUT2D eigenvalue weighted by molar-refractivity contribution is 0.243. The van der Waals surface area contributed by atoms with Gasteiger partial charge in [-0.05, 0) is 46.8 Å². The molecule has 1 aromatic carbocycles. The highest BCUT2D eigenvalue weighted by Gasteiger charge is 2.40. The van der Waals surface area contributed by atoms with Gasteiger partial charge in [-0.1, -0.05) is 19.4 Å². The number of halogens is 1. The fourth-order valence-electron chi connectivity index (χ4n) is 2.64. The van der Waals surface area contributed by atoms with Gasteiger partial charge in [-0.2, -0.15) is 0 Å². The van der Waals surface area contributed by atoms with Crippen molar-refractivity contribution >= 4 is 15.9 Å². The molecular formula is C14H20BrNO. The Morgan fingerprint density at radius 1 is 1.41 bits per heavy atom. The summed E-state index contributed by atoms with van der Waals surface area (Å²) >= 11 is 3.61. The summed E-state index contributed by atoms with van der Waals surface area (Å²) < 4.78 is 6.61. The van der Waals surface area contributed by atoms with E-state index < -0.39 is 0 Å². The SMILES string of the molecule is CCc1cc(Br)c(OC)c(C2(CN)CCC2)c1. The van der Waals surface area contributed by atoms with Gasteiger partial charge >= 0.3 is 0 Å². The van der Waals surface area contributed by atoms with Crippen LogP contribution in [0.4, 0.5) is 0 Å². The second-order valence-corrected chi connectivity index (χ2v) is 5.70. The number of benzene rings is 1. The molecule has 0 amide bonds. The van der Waals surface area contributed by atoms with Gasteiger partial charge in [0.1, 0.15) is 5.75 Å². The Labute approximate surface area is 112 Å². The quantitative estimate of drug-likeness (QED) is 0.924. The van der Waals surface area contributed by atoms with Crippen molar-refractivity contribution in [1.82, 2.24) is 0 Å². The topological polar surface area (TPSA) is 35.2 Å². The zero-order valence-corrected chi connectivity index (χ0v) is 12.1. The zero-order valence-electron chi connectivity index (χ0n) is 10.6. The standard InChI is InChI=1S/C14H20BrNO/c1-3-10-7-11(13(17-2)12(15)8-10)14(9-16)5-4-6-14/h7-8H,3-6,9,16H2,1-2H3. The largest absolute Gasteiger partial charge is 0.495 e. The molecule has 0 bridgehead atoms. The number of ether oxygens (including phenoxy) is 1. The van der Waals surface area contributed by atoms with Crippen molar-refractivity contribution in [3.05, 3.63) is 27.7 Å². The zero-order chi connectivity index (χ0) is 12.5. The summed E-state index contributed by atoms with van der Waals surface area (Å²) in [5.74, 6) is 0.965. The first-order valence-corrected chi connectivity index (χ1v) is 7.03. The van der Waals surface area contributed by atoms with Crippen LogP contribution in [-0.2, 0) is 11.8 Å². The normalized spacial score (nSPS) is 17.6. The molecule has 0 unspecified atom stereocenters. The third-order valence-electron chi connectivity index (χ3n) is 3.99. The second-order valence-electron chi connectivity index (χ2n) is 4.85. The average Bonchev–Trinajstić information content (AvgIpc) is 2.28. The van der Waals surface area contributed by atoms with E-state index >= 15 is 0 Å². The first-order chi connectivity index (χ1) is 8.16. The molecule has 1 aliphatic carbocycles. The average molecular weight is 298 g/mol. The highest BCUT2D eigenvalue weighted by atomic mass is 79.9. The molecule has 1 saturated carbocycles. The maximum Gasteiger partial charge on any atom is 0.136 e. The van der Waals surface area contributed by atoms with Crippen molar-refractivity contribution in [2.75, 3.05) is 13.7 Å². The second kappa shape index (κ2) is 4.99. The van der Waals surface area contributed by atoms with E-state index in [0.29, 0.717) is 6.54 Å². The Kier molecular flexibility index (Phi) is 3.79. The number of hydrogen-bond donors (Lipinski definition) is 1. The Balaban J connectivity index is 2.53. The maximum absolute atomic E-state index is 6.00. The number of rotatable bonds is 4. The molecule has 0 heterocycles. The molecular weight excluding hydrogens is 278 g/mol. The van der Waals surface area contributed by atoms with Crippen LogP contribution in [0.15, 0.2) is 16.6 Å². The summed E-state index contributed by atoms with van der Waals surface area (Å²) in [6, 6.07) is 4.42. The fraction of sp³-hybridized carbons (Fsp3) is 0.571. The third-order valence-corrected chi connectivity index (χ3v) is 4.58. The molecule has 3 heteroatoms. The van der Waals surface area contributed by atoms with Crippen LogP contribution >= 0.6 is 15.9 Å². The monoisotopic (exact) mass is 297 g/mol. The van der Waals surface area contributed by atoms with Crippen molar-refractivity contribution in [1.29, 1.82) is 0 Å². The van der Waals surface area contributed by atoms with Gasteiger partial charge in [0.05, 0.1) is 11.6 Å². The highest BCUT2D eigenvalue weighted by Crippen LogP contribution is 2.48. The van der Waals surface area contributed by atoms with E-state index in [1.165, 1.54) is 30.4 Å². The summed E-state index contributed by atoms with van der Waals surface area (Å²) in [6.07, 6.45) is 4.67. The molecule has 2 N–H and O–H groups in total. The Hall–Kier alpha value is -0.540. The van der Waals surface area contributed by atoms with E-state index in [0.717, 1.165) is 16.6 Å². The molecule has 1 fully saturated rings. The van der Waals surface area contributed by atoms with E-state index in [2.05, 4.69) is 35.0 Å². The summed E-state index contributed by atoms with van der Waals surface area (Å²) in [5.41, 5.74) is 8.78. The van der Waals surface area contributed by atoms with E-state index in [1.807, 2.05) is 0 Å². The Morgan fingerprint density at radius 3 is 2.53 bits per heavy atom. The number of nitrogens with two attached hydrogens (primary N) is 1. The van der Waals surface area contributed by atoms with E-state index in [1.54, 1.807) is 7.11 Å². The van der Waals surface area contributed by atoms with E-state index in [4.69, 9.17) is 10.5 Å². The minimum Gasteiger partial charge on any atom is -0.495 e. The van der Waals surface area contributed by atoms with Gasteiger partial charge in [-0.3, -0.25) is 0 Å². The van der Waals surface area contributed by atoms with Crippen LogP contribution in [0, 0.1) is 0 Å². The number of hydrogen-bond acceptors (Lipinski definition) is 2. The minimum atomic E-state index is 0.152. The molecule has 2 rings (SSSR count). The van der Waals surface area contributed by atoms with Crippen LogP contribution in [0.3, 0.4) is 0 Å². The van der Waals surface area contributed by atoms with Gasteiger partial charge in [0.2, 0.25) is 0 Å². The van der Waals surface area contributed by atoms with Gasteiger partial charge in [-0.25, -0.2) is 0 Å². The van der Waals surface area contributed by atoms with Gasteiger partial charge in [0.25, 0.3) is 0 Å². The van der Waals surface area contributed by atoms with Crippen LogP contribution < -0.4 is 10.5 Å². The molecule has 1 aliphatic rings. The predicted octanol–water partition coefficient (Wildman–Crippen LogP) is 3.40. The molecule has 1 aromatic rings. The smallest absolute Gasteiger partial charge is 0.136 e. The molecule has 2 nitrogen and oxygen atoms in total. The molecule has 0 saturated heterocycles. The Morgan fingerprint density at radius 2 is 2.12 bits per heavy atom. The lowest BCUT2D eigenvalue weighted by Gasteiger charge is -2.42. The van der Waals surface area contributed by atoms with Crippen molar-refractivity contribution in [3.63, 3.8) is 0 Å². The van der Waals surface area contributed by atoms with E-state index in [-0.39, 0.29) is 5.41 Å². The Bertz CT molecular complexity index is 407. The summed E-state index contributed by atoms with van der Waals surface area (Å²) in [5, 5.41) is 0. The first kappa shape index (κ1) is 12.9. The molecule has 0 aromatic heterocycles. The third kappa shape index (κ3) is 2.11. The predicted molar refractivity (Wildman–Crippen MR) is 74.7 cm³/mol. The number of methoxy groups -OCH3 is 1. The molecule has 0 spiro atoms. The van der Waals surface area contributed by atoms with Crippen molar-refractivity contribution in [2.24, 2.45) is 5.73 Å². The fourth-order valence-corrected chi connectivity index (χ4v) is 3.31. The van der Waals surface area contributed by atoms with Gasteiger partial charge in [-0.15, -0.1) is 0 Å². The van der Waals surface area contributed by atoms with Crippen molar-refractivity contribution in [2.45, 2.75) is 38.0 Å². The lowest BCUT2D eigenvalue weighted by atomic mass is 9.64. The first-order valence-electron chi connectivity index (χ1n) is 6.24. The van der Waals surface area contributed by atoms with Crippen LogP contribution in [0.5, 0.6) is 5.75 Å². The molecule has 0 atom stereocenters.